The minimum atomic E-state index is -0.944. The number of carbonyl (C=O) groups excluding carboxylic acids is 3. The molecule has 0 saturated carbocycles. The Labute approximate surface area is 235 Å². The Hall–Kier alpha value is -4.88. The number of nitrogens with two attached hydrogens (primary N) is 1. The van der Waals surface area contributed by atoms with E-state index in [9.17, 15) is 19.6 Å². The summed E-state index contributed by atoms with van der Waals surface area (Å²) in [6, 6.07) is 20.2. The van der Waals surface area contributed by atoms with E-state index in [1.54, 1.807) is 47.4 Å². The van der Waals surface area contributed by atoms with Crippen molar-refractivity contribution in [2.45, 2.75) is 18.9 Å². The van der Waals surface area contributed by atoms with Crippen molar-refractivity contribution in [3.05, 3.63) is 110 Å². The van der Waals surface area contributed by atoms with Gasteiger partial charge in [0.05, 0.1) is 42.2 Å². The van der Waals surface area contributed by atoms with E-state index in [4.69, 9.17) is 15.2 Å². The lowest BCUT2D eigenvalue weighted by Crippen LogP contribution is -2.41. The highest BCUT2D eigenvalue weighted by molar-refractivity contribution is 7.12. The van der Waals surface area contributed by atoms with Crippen LogP contribution in [0.3, 0.4) is 0 Å². The monoisotopic (exact) mass is 554 g/mol. The Bertz CT molecular complexity index is 1590. The standard InChI is InChI=1S/C30H26N4O5S/c1-38-29(36)25-24(19-7-4-3-5-8-19)22(16-31)27(32)34(26(25)30(37)39-2)21-11-10-18-12-13-33(17-20(18)15-21)28(35)23-9-6-14-40-23/h3-11,14-15,24H,12-13,17,32H2,1-2H3. The van der Waals surface area contributed by atoms with E-state index >= 15 is 0 Å². The number of hydrogen-bond acceptors (Lipinski definition) is 9. The molecule has 1 aromatic heterocycles. The molecule has 202 valence electrons. The SMILES string of the molecule is COC(=O)C1=C(C(=O)OC)N(c2ccc3c(c2)CN(C(=O)c2cccs2)CC3)C(N)=C(C#N)C1c1ccccc1. The summed E-state index contributed by atoms with van der Waals surface area (Å²) < 4.78 is 10.2. The topological polar surface area (TPSA) is 126 Å². The van der Waals surface area contributed by atoms with Crippen molar-refractivity contribution in [3.63, 3.8) is 0 Å². The summed E-state index contributed by atoms with van der Waals surface area (Å²) in [5.41, 5.74) is 9.48. The summed E-state index contributed by atoms with van der Waals surface area (Å²) in [6.45, 7) is 0.933. The molecule has 1 unspecified atom stereocenters. The molecule has 3 heterocycles. The Kier molecular flexibility index (Phi) is 7.40. The van der Waals surface area contributed by atoms with E-state index < -0.39 is 17.9 Å². The molecular formula is C30H26N4O5S. The van der Waals surface area contributed by atoms with E-state index in [-0.39, 0.29) is 28.6 Å². The van der Waals surface area contributed by atoms with Gasteiger partial charge in [0.2, 0.25) is 0 Å². The van der Waals surface area contributed by atoms with E-state index in [1.807, 2.05) is 23.6 Å². The molecule has 0 spiro atoms. The van der Waals surface area contributed by atoms with Gasteiger partial charge in [-0.2, -0.15) is 5.26 Å². The molecule has 0 aliphatic carbocycles. The van der Waals surface area contributed by atoms with Gasteiger partial charge in [0.1, 0.15) is 11.5 Å². The van der Waals surface area contributed by atoms with Gasteiger partial charge in [0.25, 0.3) is 5.91 Å². The summed E-state index contributed by atoms with van der Waals surface area (Å²) in [5, 5.41) is 12.1. The first-order valence-corrected chi connectivity index (χ1v) is 13.4. The number of fused-ring (bicyclic) bond motifs is 1. The van der Waals surface area contributed by atoms with E-state index in [0.717, 1.165) is 11.1 Å². The lowest BCUT2D eigenvalue weighted by atomic mass is 9.81. The fourth-order valence-electron chi connectivity index (χ4n) is 5.19. The van der Waals surface area contributed by atoms with Crippen LogP contribution in [0.4, 0.5) is 5.69 Å². The maximum atomic E-state index is 13.3. The van der Waals surface area contributed by atoms with Crippen LogP contribution < -0.4 is 10.6 Å². The van der Waals surface area contributed by atoms with Gasteiger partial charge >= 0.3 is 11.9 Å². The molecule has 1 atom stereocenters. The molecule has 5 rings (SSSR count). The van der Waals surface area contributed by atoms with Gasteiger partial charge in [-0.15, -0.1) is 11.3 Å². The normalized spacial score (nSPS) is 16.8. The molecule has 2 aliphatic heterocycles. The zero-order valence-electron chi connectivity index (χ0n) is 21.9. The van der Waals surface area contributed by atoms with Crippen molar-refractivity contribution < 1.29 is 23.9 Å². The molecule has 0 radical (unpaired) electrons. The third-order valence-electron chi connectivity index (χ3n) is 7.09. The van der Waals surface area contributed by atoms with Crippen LogP contribution in [0.2, 0.25) is 0 Å². The predicted octanol–water partition coefficient (Wildman–Crippen LogP) is 3.84. The zero-order valence-corrected chi connectivity index (χ0v) is 22.7. The lowest BCUT2D eigenvalue weighted by Gasteiger charge is -2.36. The minimum absolute atomic E-state index is 0.00770. The highest BCUT2D eigenvalue weighted by atomic mass is 32.1. The number of benzene rings is 2. The van der Waals surface area contributed by atoms with Crippen LogP contribution in [0.5, 0.6) is 0 Å². The Morgan fingerprint density at radius 1 is 1.00 bits per heavy atom. The van der Waals surface area contributed by atoms with Gasteiger partial charge in [-0.3, -0.25) is 9.69 Å². The highest BCUT2D eigenvalue weighted by Crippen LogP contribution is 2.43. The second-order valence-corrected chi connectivity index (χ2v) is 10.2. The van der Waals surface area contributed by atoms with Crippen molar-refractivity contribution in [3.8, 4) is 6.07 Å². The van der Waals surface area contributed by atoms with Crippen LogP contribution in [-0.4, -0.2) is 43.5 Å². The smallest absolute Gasteiger partial charge is 0.355 e. The van der Waals surface area contributed by atoms with Crippen LogP contribution >= 0.6 is 11.3 Å². The summed E-state index contributed by atoms with van der Waals surface area (Å²) >= 11 is 1.39. The number of nitrogens with zero attached hydrogens (tertiary/aromatic N) is 3. The van der Waals surface area contributed by atoms with E-state index in [0.29, 0.717) is 35.6 Å². The summed E-state index contributed by atoms with van der Waals surface area (Å²) in [6.07, 6.45) is 0.657. The second kappa shape index (κ2) is 11.1. The average molecular weight is 555 g/mol. The van der Waals surface area contributed by atoms with Crippen LogP contribution in [-0.2, 0) is 32.0 Å². The van der Waals surface area contributed by atoms with Crippen LogP contribution in [0.1, 0.15) is 32.3 Å². The van der Waals surface area contributed by atoms with Gasteiger partial charge in [0, 0.05) is 18.8 Å². The fourth-order valence-corrected chi connectivity index (χ4v) is 5.88. The molecule has 2 N–H and O–H groups in total. The number of thiophene rings is 1. The number of amides is 1. The molecular weight excluding hydrogens is 528 g/mol. The van der Waals surface area contributed by atoms with Gasteiger partial charge < -0.3 is 20.1 Å². The Balaban J connectivity index is 1.66. The van der Waals surface area contributed by atoms with Crippen LogP contribution in [0.15, 0.2) is 88.7 Å². The first-order valence-electron chi connectivity index (χ1n) is 12.5. The Morgan fingerprint density at radius 3 is 2.40 bits per heavy atom. The minimum Gasteiger partial charge on any atom is -0.466 e. The zero-order chi connectivity index (χ0) is 28.4. The molecule has 9 nitrogen and oxygen atoms in total. The number of anilines is 1. The van der Waals surface area contributed by atoms with Crippen molar-refractivity contribution in [2.75, 3.05) is 25.7 Å². The molecule has 40 heavy (non-hydrogen) atoms. The number of allylic oxidation sites excluding steroid dienone is 1. The molecule has 0 fully saturated rings. The van der Waals surface area contributed by atoms with Gasteiger partial charge in [-0.05, 0) is 46.7 Å². The summed E-state index contributed by atoms with van der Waals surface area (Å²) in [7, 11) is 2.42. The van der Waals surface area contributed by atoms with Gasteiger partial charge in [0.15, 0.2) is 0 Å². The molecule has 2 aromatic carbocycles. The number of methoxy groups -OCH3 is 2. The second-order valence-electron chi connectivity index (χ2n) is 9.24. The maximum absolute atomic E-state index is 13.3. The number of esters is 2. The summed E-state index contributed by atoms with van der Waals surface area (Å²) in [4.78, 5) is 43.4. The van der Waals surface area contributed by atoms with Gasteiger partial charge in [-0.1, -0.05) is 42.5 Å². The lowest BCUT2D eigenvalue weighted by molar-refractivity contribution is -0.139. The van der Waals surface area contributed by atoms with Crippen LogP contribution in [0, 0.1) is 11.3 Å². The number of ether oxygens (including phenoxy) is 2. The molecule has 1 amide bonds. The maximum Gasteiger partial charge on any atom is 0.355 e. The molecule has 0 bridgehead atoms. The van der Waals surface area contributed by atoms with Crippen molar-refractivity contribution >= 4 is 34.9 Å². The first-order chi connectivity index (χ1) is 19.4. The van der Waals surface area contributed by atoms with Crippen molar-refractivity contribution in [1.29, 1.82) is 5.26 Å². The molecule has 3 aromatic rings. The molecule has 0 saturated heterocycles. The first kappa shape index (κ1) is 26.7. The Morgan fingerprint density at radius 2 is 1.75 bits per heavy atom. The van der Waals surface area contributed by atoms with Crippen LogP contribution in [0.25, 0.3) is 0 Å². The third kappa shape index (κ3) is 4.61. The average Bonchev–Trinajstić information content (AvgIpc) is 3.54. The van der Waals surface area contributed by atoms with Crippen molar-refractivity contribution in [1.82, 2.24) is 4.90 Å². The van der Waals surface area contributed by atoms with E-state index in [1.165, 1.54) is 30.5 Å². The molecule has 2 aliphatic rings. The fraction of sp³-hybridized carbons (Fsp3) is 0.200. The number of rotatable bonds is 5. The third-order valence-corrected chi connectivity index (χ3v) is 7.95. The summed E-state index contributed by atoms with van der Waals surface area (Å²) in [5.74, 6) is -2.60. The number of hydrogen-bond donors (Lipinski definition) is 1. The van der Waals surface area contributed by atoms with Crippen molar-refractivity contribution in [2.24, 2.45) is 5.73 Å². The highest BCUT2D eigenvalue weighted by Gasteiger charge is 2.43. The van der Waals surface area contributed by atoms with E-state index in [2.05, 4.69) is 6.07 Å². The molecule has 10 heteroatoms. The largest absolute Gasteiger partial charge is 0.466 e. The van der Waals surface area contributed by atoms with Gasteiger partial charge in [-0.25, -0.2) is 9.59 Å². The number of carbonyl (C=O) groups is 3. The quantitative estimate of drug-likeness (QED) is 0.472. The predicted molar refractivity (Wildman–Crippen MR) is 149 cm³/mol. The number of nitriles is 1.